The number of aliphatic carboxylic acids is 1. The predicted octanol–water partition coefficient (Wildman–Crippen LogP) is 2.05. The lowest BCUT2D eigenvalue weighted by molar-refractivity contribution is -0.157. The Bertz CT molecular complexity index is 771. The Morgan fingerprint density at radius 2 is 2.00 bits per heavy atom. The second-order valence-electron chi connectivity index (χ2n) is 6.37. The van der Waals surface area contributed by atoms with E-state index < -0.39 is 43.9 Å². The fraction of sp³-hybridized carbons (Fsp3) is 0.500. The van der Waals surface area contributed by atoms with Crippen molar-refractivity contribution in [2.45, 2.75) is 43.5 Å². The number of rotatable bonds is 6. The van der Waals surface area contributed by atoms with Crippen LogP contribution in [0.25, 0.3) is 0 Å². The highest BCUT2D eigenvalue weighted by molar-refractivity contribution is 7.90. The average molecular weight is 357 g/mol. The molecule has 0 aromatic heterocycles. The fourth-order valence-corrected chi connectivity index (χ4v) is 3.57. The van der Waals surface area contributed by atoms with Crippen molar-refractivity contribution in [3.05, 3.63) is 29.6 Å². The zero-order chi connectivity index (χ0) is 18.1. The SMILES string of the molecule is CC(NC(=O)CC1(C(=O)O)CCC1)c1ccc(S(C)(=O)=O)c(F)c1. The van der Waals surface area contributed by atoms with Crippen molar-refractivity contribution in [2.75, 3.05) is 6.26 Å². The number of benzene rings is 1. The molecule has 1 saturated carbocycles. The number of nitrogens with one attached hydrogen (secondary N) is 1. The van der Waals surface area contributed by atoms with Gasteiger partial charge in [-0.3, -0.25) is 9.59 Å². The third kappa shape index (κ3) is 3.75. The molecule has 1 aliphatic carbocycles. The number of carboxylic acids is 1. The lowest BCUT2D eigenvalue weighted by Gasteiger charge is -2.37. The van der Waals surface area contributed by atoms with Crippen molar-refractivity contribution in [3.8, 4) is 0 Å². The molecule has 0 spiro atoms. The van der Waals surface area contributed by atoms with Crippen molar-refractivity contribution in [3.63, 3.8) is 0 Å². The Morgan fingerprint density at radius 3 is 2.42 bits per heavy atom. The predicted molar refractivity (Wildman–Crippen MR) is 84.6 cm³/mol. The summed E-state index contributed by atoms with van der Waals surface area (Å²) in [4.78, 5) is 23.0. The van der Waals surface area contributed by atoms with Gasteiger partial charge < -0.3 is 10.4 Å². The first-order valence-electron chi connectivity index (χ1n) is 7.57. The van der Waals surface area contributed by atoms with Crippen molar-refractivity contribution in [2.24, 2.45) is 5.41 Å². The number of carbonyl (C=O) groups excluding carboxylic acids is 1. The molecule has 1 amide bonds. The van der Waals surface area contributed by atoms with Crippen LogP contribution in [-0.2, 0) is 19.4 Å². The first-order valence-corrected chi connectivity index (χ1v) is 9.46. The van der Waals surface area contributed by atoms with Crippen LogP contribution in [0.1, 0.15) is 44.2 Å². The van der Waals surface area contributed by atoms with Gasteiger partial charge in [0, 0.05) is 12.7 Å². The van der Waals surface area contributed by atoms with E-state index in [1.54, 1.807) is 6.92 Å². The summed E-state index contributed by atoms with van der Waals surface area (Å²) in [5.74, 6) is -2.27. The highest BCUT2D eigenvalue weighted by atomic mass is 32.2. The van der Waals surface area contributed by atoms with Crippen molar-refractivity contribution >= 4 is 21.7 Å². The number of hydrogen-bond donors (Lipinski definition) is 2. The lowest BCUT2D eigenvalue weighted by Crippen LogP contribution is -2.43. The van der Waals surface area contributed by atoms with Crippen LogP contribution in [0.15, 0.2) is 23.1 Å². The first kappa shape index (κ1) is 18.4. The molecule has 132 valence electrons. The van der Waals surface area contributed by atoms with E-state index in [1.165, 1.54) is 6.07 Å². The quantitative estimate of drug-likeness (QED) is 0.811. The Morgan fingerprint density at radius 1 is 1.38 bits per heavy atom. The highest BCUT2D eigenvalue weighted by Gasteiger charge is 2.46. The van der Waals surface area contributed by atoms with Gasteiger partial charge in [-0.15, -0.1) is 0 Å². The monoisotopic (exact) mass is 357 g/mol. The minimum absolute atomic E-state index is 0.115. The van der Waals surface area contributed by atoms with E-state index in [9.17, 15) is 27.5 Å². The molecule has 2 N–H and O–H groups in total. The summed E-state index contributed by atoms with van der Waals surface area (Å²) in [5, 5.41) is 11.9. The molecule has 6 nitrogen and oxygen atoms in total. The normalized spacial score (nSPS) is 17.6. The van der Waals surface area contributed by atoms with E-state index in [1.807, 2.05) is 0 Å². The van der Waals surface area contributed by atoms with E-state index in [0.717, 1.165) is 24.8 Å². The van der Waals surface area contributed by atoms with Crippen LogP contribution in [0.3, 0.4) is 0 Å². The maximum absolute atomic E-state index is 13.9. The Kier molecular flexibility index (Phi) is 4.98. The summed E-state index contributed by atoms with van der Waals surface area (Å²) in [6.45, 7) is 1.63. The molecule has 1 unspecified atom stereocenters. The van der Waals surface area contributed by atoms with E-state index in [2.05, 4.69) is 5.32 Å². The summed E-state index contributed by atoms with van der Waals surface area (Å²) in [7, 11) is -3.66. The Labute approximate surface area is 140 Å². The van der Waals surface area contributed by atoms with Crippen LogP contribution < -0.4 is 5.32 Å². The maximum atomic E-state index is 13.9. The Hall–Kier alpha value is -1.96. The molecule has 1 atom stereocenters. The van der Waals surface area contributed by atoms with Gasteiger partial charge in [-0.25, -0.2) is 12.8 Å². The number of carbonyl (C=O) groups is 2. The van der Waals surface area contributed by atoms with Crippen LogP contribution in [0, 0.1) is 11.2 Å². The minimum Gasteiger partial charge on any atom is -0.481 e. The number of carboxylic acid groups (broad SMARTS) is 1. The van der Waals surface area contributed by atoms with Gasteiger partial charge in [-0.1, -0.05) is 12.5 Å². The maximum Gasteiger partial charge on any atom is 0.310 e. The van der Waals surface area contributed by atoms with Crippen molar-refractivity contribution in [1.29, 1.82) is 0 Å². The third-order valence-corrected chi connectivity index (χ3v) is 5.63. The number of halogens is 1. The molecule has 1 aromatic carbocycles. The molecule has 0 heterocycles. The summed E-state index contributed by atoms with van der Waals surface area (Å²) >= 11 is 0. The smallest absolute Gasteiger partial charge is 0.310 e. The molecule has 8 heteroatoms. The summed E-state index contributed by atoms with van der Waals surface area (Å²) in [6.07, 6.45) is 2.54. The molecular weight excluding hydrogens is 337 g/mol. The van der Waals surface area contributed by atoms with Crippen LogP contribution in [0.4, 0.5) is 4.39 Å². The molecule has 0 bridgehead atoms. The van der Waals surface area contributed by atoms with Gasteiger partial charge in [0.15, 0.2) is 9.84 Å². The van der Waals surface area contributed by atoms with Crippen LogP contribution >= 0.6 is 0 Å². The van der Waals surface area contributed by atoms with E-state index in [4.69, 9.17) is 0 Å². The standard InChI is InChI=1S/C16H20FNO5S/c1-10(11-4-5-13(12(17)8-11)24(2,22)23)18-14(19)9-16(15(20)21)6-3-7-16/h4-5,8,10H,3,6-7,9H2,1-2H3,(H,18,19)(H,20,21). The van der Waals surface area contributed by atoms with Gasteiger partial charge in [-0.2, -0.15) is 0 Å². The molecule has 2 rings (SSSR count). The van der Waals surface area contributed by atoms with E-state index in [0.29, 0.717) is 18.4 Å². The highest BCUT2D eigenvalue weighted by Crippen LogP contribution is 2.44. The number of sulfone groups is 1. The van der Waals surface area contributed by atoms with Gasteiger partial charge in [0.1, 0.15) is 10.7 Å². The summed E-state index contributed by atoms with van der Waals surface area (Å²) in [6, 6.07) is 3.10. The zero-order valence-corrected chi connectivity index (χ0v) is 14.3. The van der Waals surface area contributed by atoms with Gasteiger partial charge >= 0.3 is 5.97 Å². The minimum atomic E-state index is -3.66. The van der Waals surface area contributed by atoms with Crippen molar-refractivity contribution < 1.29 is 27.5 Å². The molecule has 0 radical (unpaired) electrons. The third-order valence-electron chi connectivity index (χ3n) is 4.50. The molecule has 24 heavy (non-hydrogen) atoms. The molecule has 1 fully saturated rings. The molecule has 0 saturated heterocycles. The fourth-order valence-electron chi connectivity index (χ4n) is 2.84. The number of amides is 1. The van der Waals surface area contributed by atoms with Gasteiger partial charge in [0.2, 0.25) is 5.91 Å². The summed E-state index contributed by atoms with van der Waals surface area (Å²) < 4.78 is 36.7. The summed E-state index contributed by atoms with van der Waals surface area (Å²) in [5.41, 5.74) is -0.582. The Balaban J connectivity index is 2.07. The molecule has 1 aromatic rings. The van der Waals surface area contributed by atoms with Gasteiger partial charge in [0.25, 0.3) is 0 Å². The van der Waals surface area contributed by atoms with Crippen LogP contribution in [-0.4, -0.2) is 31.7 Å². The molecule has 0 aliphatic heterocycles. The van der Waals surface area contributed by atoms with Crippen molar-refractivity contribution in [1.82, 2.24) is 5.32 Å². The van der Waals surface area contributed by atoms with Gasteiger partial charge in [0.05, 0.1) is 11.5 Å². The van der Waals surface area contributed by atoms with E-state index >= 15 is 0 Å². The molecular formula is C16H20FNO5S. The topological polar surface area (TPSA) is 101 Å². The van der Waals surface area contributed by atoms with Crippen LogP contribution in [0.5, 0.6) is 0 Å². The average Bonchev–Trinajstić information content (AvgIpc) is 2.40. The van der Waals surface area contributed by atoms with E-state index in [-0.39, 0.29) is 6.42 Å². The number of hydrogen-bond acceptors (Lipinski definition) is 4. The largest absolute Gasteiger partial charge is 0.481 e. The lowest BCUT2D eigenvalue weighted by atomic mass is 9.66. The second kappa shape index (κ2) is 6.51. The van der Waals surface area contributed by atoms with Crippen LogP contribution in [0.2, 0.25) is 0 Å². The second-order valence-corrected chi connectivity index (χ2v) is 8.35. The van der Waals surface area contributed by atoms with Gasteiger partial charge in [-0.05, 0) is 37.5 Å². The first-order chi connectivity index (χ1) is 11.0. The zero-order valence-electron chi connectivity index (χ0n) is 13.5. The molecule has 1 aliphatic rings.